The summed E-state index contributed by atoms with van der Waals surface area (Å²) in [5.74, 6) is -0.189. The lowest BCUT2D eigenvalue weighted by Crippen LogP contribution is -2.17. The minimum absolute atomic E-state index is 0.189. The standard InChI is InChI=1S/C11H10ClN3O/c1-16-11(14)10(6-13)15-7-8-4-2-3-5-9(8)12/h2-5,7,10,14H,1H3. The van der Waals surface area contributed by atoms with E-state index in [0.29, 0.717) is 10.6 Å². The van der Waals surface area contributed by atoms with Crippen molar-refractivity contribution in [3.63, 3.8) is 0 Å². The molecule has 0 bridgehead atoms. The predicted octanol–water partition coefficient (Wildman–Crippen LogP) is 2.27. The van der Waals surface area contributed by atoms with Crippen molar-refractivity contribution in [2.24, 2.45) is 4.99 Å². The Labute approximate surface area is 98.6 Å². The molecule has 1 rings (SSSR count). The molecule has 1 atom stereocenters. The van der Waals surface area contributed by atoms with E-state index in [9.17, 15) is 0 Å². The van der Waals surface area contributed by atoms with Crippen LogP contribution in [0.3, 0.4) is 0 Å². The van der Waals surface area contributed by atoms with Gasteiger partial charge in [0.25, 0.3) is 0 Å². The number of hydrogen-bond donors (Lipinski definition) is 1. The first kappa shape index (κ1) is 12.2. The number of nitrogens with one attached hydrogen (secondary N) is 1. The van der Waals surface area contributed by atoms with Gasteiger partial charge in [-0.15, -0.1) is 0 Å². The Morgan fingerprint density at radius 3 is 2.88 bits per heavy atom. The van der Waals surface area contributed by atoms with Crippen molar-refractivity contribution in [2.45, 2.75) is 6.04 Å². The molecule has 0 aliphatic heterocycles. The Morgan fingerprint density at radius 2 is 2.31 bits per heavy atom. The van der Waals surface area contributed by atoms with Gasteiger partial charge in [-0.3, -0.25) is 10.4 Å². The summed E-state index contributed by atoms with van der Waals surface area (Å²) in [5, 5.41) is 16.6. The molecule has 0 spiro atoms. The Morgan fingerprint density at radius 1 is 1.62 bits per heavy atom. The van der Waals surface area contributed by atoms with E-state index in [1.807, 2.05) is 12.1 Å². The van der Waals surface area contributed by atoms with E-state index in [4.69, 9.17) is 22.3 Å². The maximum atomic E-state index is 8.76. The number of nitriles is 1. The van der Waals surface area contributed by atoms with Crippen molar-refractivity contribution < 1.29 is 4.74 Å². The summed E-state index contributed by atoms with van der Waals surface area (Å²) in [6.45, 7) is 0. The van der Waals surface area contributed by atoms with Gasteiger partial charge in [0.2, 0.25) is 11.9 Å². The second kappa shape index (κ2) is 5.89. The van der Waals surface area contributed by atoms with Crippen LogP contribution in [-0.2, 0) is 4.74 Å². The first-order valence-corrected chi connectivity index (χ1v) is 4.86. The monoisotopic (exact) mass is 235 g/mol. The summed E-state index contributed by atoms with van der Waals surface area (Å²) in [7, 11) is 1.33. The highest BCUT2D eigenvalue weighted by Crippen LogP contribution is 2.12. The third-order valence-corrected chi connectivity index (χ3v) is 2.20. The van der Waals surface area contributed by atoms with Crippen LogP contribution in [0.2, 0.25) is 5.02 Å². The van der Waals surface area contributed by atoms with Crippen LogP contribution in [0.1, 0.15) is 5.56 Å². The summed E-state index contributed by atoms with van der Waals surface area (Å²) in [5.41, 5.74) is 0.702. The zero-order valence-corrected chi connectivity index (χ0v) is 9.40. The van der Waals surface area contributed by atoms with Crippen LogP contribution in [0.25, 0.3) is 0 Å². The molecule has 1 aromatic carbocycles. The molecule has 16 heavy (non-hydrogen) atoms. The van der Waals surface area contributed by atoms with E-state index in [0.717, 1.165) is 0 Å². The Balaban J connectivity index is 2.84. The van der Waals surface area contributed by atoms with E-state index >= 15 is 0 Å². The van der Waals surface area contributed by atoms with E-state index < -0.39 is 6.04 Å². The molecular formula is C11H10ClN3O. The average molecular weight is 236 g/mol. The summed E-state index contributed by atoms with van der Waals surface area (Å²) < 4.78 is 4.64. The molecule has 0 aliphatic carbocycles. The van der Waals surface area contributed by atoms with Gasteiger partial charge >= 0.3 is 0 Å². The normalized spacial score (nSPS) is 12.1. The van der Waals surface area contributed by atoms with Crippen molar-refractivity contribution in [1.82, 2.24) is 0 Å². The zero-order valence-electron chi connectivity index (χ0n) is 8.64. The van der Waals surface area contributed by atoms with Crippen molar-refractivity contribution in [2.75, 3.05) is 7.11 Å². The van der Waals surface area contributed by atoms with Gasteiger partial charge in [0.1, 0.15) is 0 Å². The number of nitrogens with zero attached hydrogens (tertiary/aromatic N) is 2. The molecule has 0 heterocycles. The molecule has 1 aromatic rings. The molecule has 0 fully saturated rings. The number of rotatable bonds is 3. The van der Waals surface area contributed by atoms with Crippen molar-refractivity contribution in [1.29, 1.82) is 10.7 Å². The van der Waals surface area contributed by atoms with E-state index in [1.165, 1.54) is 13.3 Å². The van der Waals surface area contributed by atoms with E-state index in [2.05, 4.69) is 9.73 Å². The van der Waals surface area contributed by atoms with Crippen LogP contribution < -0.4 is 0 Å². The van der Waals surface area contributed by atoms with Crippen LogP contribution in [0.4, 0.5) is 0 Å². The van der Waals surface area contributed by atoms with Crippen LogP contribution >= 0.6 is 11.6 Å². The Bertz CT molecular complexity index is 451. The molecule has 5 heteroatoms. The second-order valence-electron chi connectivity index (χ2n) is 2.90. The zero-order chi connectivity index (χ0) is 12.0. The molecule has 0 radical (unpaired) electrons. The van der Waals surface area contributed by atoms with Gasteiger partial charge in [-0.05, 0) is 6.07 Å². The highest BCUT2D eigenvalue weighted by atomic mass is 35.5. The average Bonchev–Trinajstić information content (AvgIpc) is 2.31. The smallest absolute Gasteiger partial charge is 0.220 e. The van der Waals surface area contributed by atoms with Crippen LogP contribution in [0, 0.1) is 16.7 Å². The quantitative estimate of drug-likeness (QED) is 0.645. The third kappa shape index (κ3) is 3.07. The van der Waals surface area contributed by atoms with Crippen LogP contribution in [-0.4, -0.2) is 25.3 Å². The van der Waals surface area contributed by atoms with Gasteiger partial charge in [-0.25, -0.2) is 0 Å². The molecule has 0 saturated carbocycles. The SMILES string of the molecule is COC(=N)C(C#N)N=Cc1ccccc1Cl. The van der Waals surface area contributed by atoms with Crippen molar-refractivity contribution >= 4 is 23.7 Å². The first-order valence-electron chi connectivity index (χ1n) is 4.48. The number of hydrogen-bond acceptors (Lipinski definition) is 4. The molecule has 82 valence electrons. The highest BCUT2D eigenvalue weighted by Gasteiger charge is 2.11. The molecule has 0 aromatic heterocycles. The van der Waals surface area contributed by atoms with Crippen LogP contribution in [0.5, 0.6) is 0 Å². The number of ether oxygens (including phenoxy) is 1. The maximum Gasteiger partial charge on any atom is 0.220 e. The molecule has 1 unspecified atom stereocenters. The predicted molar refractivity (Wildman–Crippen MR) is 63.2 cm³/mol. The molecular weight excluding hydrogens is 226 g/mol. The molecule has 0 amide bonds. The molecule has 4 nitrogen and oxygen atoms in total. The Kier molecular flexibility index (Phi) is 4.49. The molecule has 0 aliphatic rings. The summed E-state index contributed by atoms with van der Waals surface area (Å²) in [4.78, 5) is 3.92. The minimum atomic E-state index is -0.929. The van der Waals surface area contributed by atoms with Crippen molar-refractivity contribution in [3.05, 3.63) is 34.9 Å². The third-order valence-electron chi connectivity index (χ3n) is 1.86. The number of aliphatic imine (C=N–C) groups is 1. The lowest BCUT2D eigenvalue weighted by atomic mass is 10.2. The van der Waals surface area contributed by atoms with Gasteiger partial charge in [-0.2, -0.15) is 5.26 Å². The van der Waals surface area contributed by atoms with Gasteiger partial charge in [0.05, 0.1) is 13.2 Å². The van der Waals surface area contributed by atoms with E-state index in [1.54, 1.807) is 18.2 Å². The Hall–Kier alpha value is -1.86. The fourth-order valence-corrected chi connectivity index (χ4v) is 1.19. The number of halogens is 1. The molecule has 0 saturated heterocycles. The summed E-state index contributed by atoms with van der Waals surface area (Å²) in [6, 6.07) is 8.05. The lowest BCUT2D eigenvalue weighted by Gasteiger charge is -2.03. The first-order chi connectivity index (χ1) is 7.69. The van der Waals surface area contributed by atoms with Crippen molar-refractivity contribution in [3.8, 4) is 6.07 Å². The highest BCUT2D eigenvalue weighted by molar-refractivity contribution is 6.33. The minimum Gasteiger partial charge on any atom is -0.482 e. The van der Waals surface area contributed by atoms with E-state index in [-0.39, 0.29) is 5.90 Å². The second-order valence-corrected chi connectivity index (χ2v) is 3.31. The van der Waals surface area contributed by atoms with Gasteiger partial charge in [0.15, 0.2) is 0 Å². The number of methoxy groups -OCH3 is 1. The van der Waals surface area contributed by atoms with Gasteiger partial charge < -0.3 is 4.74 Å². The lowest BCUT2D eigenvalue weighted by molar-refractivity contribution is 0.385. The fraction of sp³-hybridized carbons (Fsp3) is 0.182. The largest absolute Gasteiger partial charge is 0.482 e. The van der Waals surface area contributed by atoms with Gasteiger partial charge in [-0.1, -0.05) is 29.8 Å². The summed E-state index contributed by atoms with van der Waals surface area (Å²) >= 11 is 5.91. The fourth-order valence-electron chi connectivity index (χ4n) is 1.01. The van der Waals surface area contributed by atoms with Gasteiger partial charge in [0, 0.05) is 16.8 Å². The molecule has 1 N–H and O–H groups in total. The maximum absolute atomic E-state index is 8.76. The number of benzene rings is 1. The van der Waals surface area contributed by atoms with Crippen LogP contribution in [0.15, 0.2) is 29.3 Å². The summed E-state index contributed by atoms with van der Waals surface area (Å²) in [6.07, 6.45) is 1.46. The topological polar surface area (TPSA) is 69.2 Å².